The SMILES string of the molecule is Cc1cccc(C(=O)N2CCCN(C(=O)CNC(=O)[C@@H](N)C(C)C)CC2)c1.Cl. The summed E-state index contributed by atoms with van der Waals surface area (Å²) < 4.78 is 0. The van der Waals surface area contributed by atoms with Crippen molar-refractivity contribution in [2.45, 2.75) is 33.2 Å². The summed E-state index contributed by atoms with van der Waals surface area (Å²) in [5.41, 5.74) is 7.50. The maximum atomic E-state index is 12.7. The second kappa shape index (κ2) is 11.0. The molecule has 1 aliphatic rings. The maximum absolute atomic E-state index is 12.7. The first-order valence-electron chi connectivity index (χ1n) is 9.46. The molecule has 156 valence electrons. The molecular weight excluding hydrogens is 380 g/mol. The Hall–Kier alpha value is -2.12. The summed E-state index contributed by atoms with van der Waals surface area (Å²) in [5.74, 6) is -0.461. The molecule has 0 bridgehead atoms. The molecule has 1 aromatic rings. The van der Waals surface area contributed by atoms with Crippen LogP contribution in [0.25, 0.3) is 0 Å². The smallest absolute Gasteiger partial charge is 0.253 e. The summed E-state index contributed by atoms with van der Waals surface area (Å²) in [6, 6.07) is 6.91. The molecule has 1 aromatic carbocycles. The van der Waals surface area contributed by atoms with Crippen LogP contribution in [0.1, 0.15) is 36.2 Å². The zero-order valence-corrected chi connectivity index (χ0v) is 17.6. The van der Waals surface area contributed by atoms with Gasteiger partial charge in [0.2, 0.25) is 11.8 Å². The van der Waals surface area contributed by atoms with Crippen LogP contribution in [0.3, 0.4) is 0 Å². The summed E-state index contributed by atoms with van der Waals surface area (Å²) in [4.78, 5) is 40.5. The topological polar surface area (TPSA) is 95.7 Å². The number of halogens is 1. The number of amides is 3. The monoisotopic (exact) mass is 410 g/mol. The molecule has 1 heterocycles. The van der Waals surface area contributed by atoms with Gasteiger partial charge in [-0.1, -0.05) is 31.5 Å². The van der Waals surface area contributed by atoms with Crippen molar-refractivity contribution >= 4 is 30.1 Å². The first-order chi connectivity index (χ1) is 12.8. The van der Waals surface area contributed by atoms with Crippen molar-refractivity contribution in [1.29, 1.82) is 0 Å². The number of nitrogens with zero attached hydrogens (tertiary/aromatic N) is 2. The van der Waals surface area contributed by atoms with Gasteiger partial charge in [0.1, 0.15) is 0 Å². The predicted octanol–water partition coefficient (Wildman–Crippen LogP) is 1.19. The molecule has 1 aliphatic heterocycles. The van der Waals surface area contributed by atoms with Gasteiger partial charge in [0.15, 0.2) is 0 Å². The van der Waals surface area contributed by atoms with Gasteiger partial charge in [0, 0.05) is 31.7 Å². The Morgan fingerprint density at radius 2 is 1.75 bits per heavy atom. The molecule has 0 unspecified atom stereocenters. The standard InChI is InChI=1S/C20H30N4O3.ClH/c1-14(2)18(21)19(26)22-13-17(25)23-8-5-9-24(11-10-23)20(27)16-7-4-6-15(3)12-16;/h4,6-7,12,14,18H,5,8-11,13,21H2,1-3H3,(H,22,26);1H/t18-;/m0./s1. The number of benzene rings is 1. The molecular formula is C20H31ClN4O3. The highest BCUT2D eigenvalue weighted by Crippen LogP contribution is 2.11. The van der Waals surface area contributed by atoms with Crippen LogP contribution in [-0.4, -0.2) is 66.3 Å². The minimum Gasteiger partial charge on any atom is -0.346 e. The molecule has 1 saturated heterocycles. The van der Waals surface area contributed by atoms with Crippen LogP contribution >= 0.6 is 12.4 Å². The Morgan fingerprint density at radius 3 is 2.39 bits per heavy atom. The Kier molecular flexibility index (Phi) is 9.41. The number of carbonyl (C=O) groups excluding carboxylic acids is 3. The van der Waals surface area contributed by atoms with Gasteiger partial charge in [-0.05, 0) is 31.4 Å². The first kappa shape index (κ1) is 23.9. The van der Waals surface area contributed by atoms with Crippen molar-refractivity contribution < 1.29 is 14.4 Å². The van der Waals surface area contributed by atoms with Gasteiger partial charge in [0.25, 0.3) is 5.91 Å². The molecule has 0 spiro atoms. The summed E-state index contributed by atoms with van der Waals surface area (Å²) in [5, 5.41) is 2.61. The minimum absolute atomic E-state index is 0. The van der Waals surface area contributed by atoms with E-state index in [1.165, 1.54) is 0 Å². The highest BCUT2D eigenvalue weighted by Gasteiger charge is 2.24. The maximum Gasteiger partial charge on any atom is 0.253 e. The van der Waals surface area contributed by atoms with Gasteiger partial charge >= 0.3 is 0 Å². The van der Waals surface area contributed by atoms with Gasteiger partial charge in [-0.25, -0.2) is 0 Å². The number of nitrogens with one attached hydrogen (secondary N) is 1. The van der Waals surface area contributed by atoms with Gasteiger partial charge in [-0.3, -0.25) is 14.4 Å². The van der Waals surface area contributed by atoms with Gasteiger partial charge in [-0.2, -0.15) is 0 Å². The van der Waals surface area contributed by atoms with Crippen molar-refractivity contribution in [2.24, 2.45) is 11.7 Å². The van der Waals surface area contributed by atoms with E-state index < -0.39 is 6.04 Å². The lowest BCUT2D eigenvalue weighted by atomic mass is 10.1. The third-order valence-corrected chi connectivity index (χ3v) is 4.84. The molecule has 1 fully saturated rings. The van der Waals surface area contributed by atoms with Gasteiger partial charge < -0.3 is 20.9 Å². The highest BCUT2D eigenvalue weighted by molar-refractivity contribution is 5.94. The lowest BCUT2D eigenvalue weighted by Gasteiger charge is -2.23. The molecule has 1 atom stereocenters. The van der Waals surface area contributed by atoms with Crippen molar-refractivity contribution in [3.05, 3.63) is 35.4 Å². The molecule has 3 amide bonds. The Balaban J connectivity index is 0.00000392. The zero-order chi connectivity index (χ0) is 20.0. The zero-order valence-electron chi connectivity index (χ0n) is 16.8. The van der Waals surface area contributed by atoms with Crippen molar-refractivity contribution in [2.75, 3.05) is 32.7 Å². The van der Waals surface area contributed by atoms with E-state index in [1.807, 2.05) is 45.0 Å². The largest absolute Gasteiger partial charge is 0.346 e. The lowest BCUT2D eigenvalue weighted by Crippen LogP contribution is -2.48. The summed E-state index contributed by atoms with van der Waals surface area (Å²) >= 11 is 0. The van der Waals surface area contributed by atoms with E-state index in [0.29, 0.717) is 38.2 Å². The first-order valence-corrected chi connectivity index (χ1v) is 9.46. The predicted molar refractivity (Wildman–Crippen MR) is 111 cm³/mol. The van der Waals surface area contributed by atoms with Crippen molar-refractivity contribution in [1.82, 2.24) is 15.1 Å². The summed E-state index contributed by atoms with van der Waals surface area (Å²) in [6.07, 6.45) is 0.711. The molecule has 0 radical (unpaired) electrons. The third-order valence-electron chi connectivity index (χ3n) is 4.84. The molecule has 8 heteroatoms. The van der Waals surface area contributed by atoms with Crippen LogP contribution < -0.4 is 11.1 Å². The molecule has 28 heavy (non-hydrogen) atoms. The Morgan fingerprint density at radius 1 is 1.11 bits per heavy atom. The van der Waals surface area contributed by atoms with Gasteiger partial charge in [0.05, 0.1) is 12.6 Å². The molecule has 3 N–H and O–H groups in total. The number of aryl methyl sites for hydroxylation is 1. The number of hydrogen-bond donors (Lipinski definition) is 2. The fourth-order valence-corrected chi connectivity index (χ4v) is 3.03. The molecule has 7 nitrogen and oxygen atoms in total. The van der Waals surface area contributed by atoms with E-state index in [-0.39, 0.29) is 42.6 Å². The number of rotatable bonds is 5. The molecule has 0 saturated carbocycles. The van der Waals surface area contributed by atoms with E-state index in [0.717, 1.165) is 5.56 Å². The second-order valence-electron chi connectivity index (χ2n) is 7.38. The average molecular weight is 411 g/mol. The van der Waals surface area contributed by atoms with Gasteiger partial charge in [-0.15, -0.1) is 12.4 Å². The highest BCUT2D eigenvalue weighted by atomic mass is 35.5. The van der Waals surface area contributed by atoms with Crippen LogP contribution in [0.15, 0.2) is 24.3 Å². The van der Waals surface area contributed by atoms with E-state index in [1.54, 1.807) is 9.80 Å². The van der Waals surface area contributed by atoms with Crippen molar-refractivity contribution in [3.8, 4) is 0 Å². The molecule has 0 aliphatic carbocycles. The average Bonchev–Trinajstić information content (AvgIpc) is 2.90. The van der Waals surface area contributed by atoms with Crippen molar-refractivity contribution in [3.63, 3.8) is 0 Å². The van der Waals surface area contributed by atoms with Crippen LogP contribution in [0.4, 0.5) is 0 Å². The number of hydrogen-bond acceptors (Lipinski definition) is 4. The lowest BCUT2D eigenvalue weighted by molar-refractivity contribution is -0.133. The molecule has 2 rings (SSSR count). The third kappa shape index (κ3) is 6.49. The summed E-state index contributed by atoms with van der Waals surface area (Å²) in [6.45, 7) is 7.75. The normalized spacial score (nSPS) is 15.5. The minimum atomic E-state index is -0.621. The van der Waals surface area contributed by atoms with Crippen LogP contribution in [-0.2, 0) is 9.59 Å². The van der Waals surface area contributed by atoms with Crippen LogP contribution in [0.5, 0.6) is 0 Å². The Bertz CT molecular complexity index is 696. The van der Waals surface area contributed by atoms with Crippen LogP contribution in [0, 0.1) is 12.8 Å². The second-order valence-corrected chi connectivity index (χ2v) is 7.38. The summed E-state index contributed by atoms with van der Waals surface area (Å²) in [7, 11) is 0. The Labute approximate surface area is 173 Å². The van der Waals surface area contributed by atoms with E-state index in [9.17, 15) is 14.4 Å². The van der Waals surface area contributed by atoms with E-state index >= 15 is 0 Å². The number of nitrogens with two attached hydrogens (primary N) is 1. The molecule has 0 aromatic heterocycles. The fraction of sp³-hybridized carbons (Fsp3) is 0.550. The van der Waals surface area contributed by atoms with E-state index in [4.69, 9.17) is 5.73 Å². The number of carbonyl (C=O) groups is 3. The quantitative estimate of drug-likeness (QED) is 0.762. The van der Waals surface area contributed by atoms with Crippen LogP contribution in [0.2, 0.25) is 0 Å². The fourth-order valence-electron chi connectivity index (χ4n) is 3.03. The van der Waals surface area contributed by atoms with E-state index in [2.05, 4.69) is 5.32 Å².